The van der Waals surface area contributed by atoms with Crippen LogP contribution in [-0.4, -0.2) is 13.1 Å². The number of rotatable bonds is 4. The zero-order valence-corrected chi connectivity index (χ0v) is 10.3. The summed E-state index contributed by atoms with van der Waals surface area (Å²) in [5, 5.41) is 2.87. The normalized spacial score (nSPS) is 9.94. The van der Waals surface area contributed by atoms with Crippen molar-refractivity contribution in [3.05, 3.63) is 28.8 Å². The molecular weight excluding hydrogens is 226 g/mol. The summed E-state index contributed by atoms with van der Waals surface area (Å²) in [5.74, 6) is 0.469. The molecule has 0 bridgehead atoms. The summed E-state index contributed by atoms with van der Waals surface area (Å²) in [4.78, 5) is 11.2. The van der Waals surface area contributed by atoms with Gasteiger partial charge in [-0.15, -0.1) is 0 Å². The minimum Gasteiger partial charge on any atom is -0.408 e. The van der Waals surface area contributed by atoms with E-state index in [1.54, 1.807) is 6.07 Å². The number of amides is 1. The third-order valence-electron chi connectivity index (χ3n) is 2.25. The number of hydrogen-bond donors (Lipinski definition) is 1. The zero-order chi connectivity index (χ0) is 12.0. The molecular formula is C12H16ClNO2. The van der Waals surface area contributed by atoms with Crippen molar-refractivity contribution in [2.45, 2.75) is 26.2 Å². The Morgan fingerprint density at radius 3 is 2.88 bits per heavy atom. The van der Waals surface area contributed by atoms with E-state index in [0.29, 0.717) is 10.8 Å². The highest BCUT2D eigenvalue weighted by molar-refractivity contribution is 6.32. The van der Waals surface area contributed by atoms with Crippen molar-refractivity contribution in [1.29, 1.82) is 0 Å². The molecule has 0 atom stereocenters. The lowest BCUT2D eigenvalue weighted by Crippen LogP contribution is -2.22. The SMILES string of the molecule is CCCCc1cccc(Cl)c1OC(=O)NC. The fourth-order valence-electron chi connectivity index (χ4n) is 1.38. The van der Waals surface area contributed by atoms with E-state index in [1.807, 2.05) is 12.1 Å². The summed E-state index contributed by atoms with van der Waals surface area (Å²) in [7, 11) is 1.52. The Labute approximate surface area is 101 Å². The predicted octanol–water partition coefficient (Wildman–Crippen LogP) is 3.40. The van der Waals surface area contributed by atoms with E-state index in [4.69, 9.17) is 16.3 Å². The van der Waals surface area contributed by atoms with Gasteiger partial charge < -0.3 is 10.1 Å². The van der Waals surface area contributed by atoms with Crippen LogP contribution in [0.4, 0.5) is 4.79 Å². The molecule has 0 aromatic heterocycles. The number of carbonyl (C=O) groups excluding carboxylic acids is 1. The van der Waals surface area contributed by atoms with Crippen LogP contribution in [0.15, 0.2) is 18.2 Å². The average molecular weight is 242 g/mol. The number of hydrogen-bond acceptors (Lipinski definition) is 2. The van der Waals surface area contributed by atoms with Gasteiger partial charge in [0.2, 0.25) is 0 Å². The molecule has 3 nitrogen and oxygen atoms in total. The molecule has 0 saturated heterocycles. The van der Waals surface area contributed by atoms with E-state index < -0.39 is 6.09 Å². The second kappa shape index (κ2) is 6.38. The van der Waals surface area contributed by atoms with Gasteiger partial charge in [0.1, 0.15) is 0 Å². The molecule has 0 aliphatic rings. The fraction of sp³-hybridized carbons (Fsp3) is 0.417. The summed E-state index contributed by atoms with van der Waals surface area (Å²) in [5.41, 5.74) is 0.970. The van der Waals surface area contributed by atoms with Crippen LogP contribution in [0.5, 0.6) is 5.75 Å². The van der Waals surface area contributed by atoms with E-state index in [1.165, 1.54) is 7.05 Å². The van der Waals surface area contributed by atoms with Crippen LogP contribution in [0.2, 0.25) is 5.02 Å². The molecule has 0 spiro atoms. The van der Waals surface area contributed by atoms with Crippen LogP contribution in [0.1, 0.15) is 25.3 Å². The second-order valence-corrected chi connectivity index (χ2v) is 3.88. The summed E-state index contributed by atoms with van der Waals surface area (Å²) in [6.07, 6.45) is 2.51. The van der Waals surface area contributed by atoms with E-state index >= 15 is 0 Å². The minimum absolute atomic E-state index is 0.469. The number of benzene rings is 1. The smallest absolute Gasteiger partial charge is 0.408 e. The van der Waals surface area contributed by atoms with Crippen molar-refractivity contribution in [3.8, 4) is 5.75 Å². The molecule has 0 fully saturated rings. The molecule has 16 heavy (non-hydrogen) atoms. The minimum atomic E-state index is -0.495. The molecule has 1 aromatic rings. The fourth-order valence-corrected chi connectivity index (χ4v) is 1.61. The van der Waals surface area contributed by atoms with Gasteiger partial charge >= 0.3 is 6.09 Å². The van der Waals surface area contributed by atoms with Gasteiger partial charge in [-0.1, -0.05) is 37.1 Å². The van der Waals surface area contributed by atoms with E-state index in [2.05, 4.69) is 12.2 Å². The lowest BCUT2D eigenvalue weighted by atomic mass is 10.1. The van der Waals surface area contributed by atoms with Crippen molar-refractivity contribution in [1.82, 2.24) is 5.32 Å². The first-order valence-corrected chi connectivity index (χ1v) is 5.73. The number of para-hydroxylation sites is 1. The molecule has 4 heteroatoms. The first kappa shape index (κ1) is 12.8. The van der Waals surface area contributed by atoms with Crippen LogP contribution in [-0.2, 0) is 6.42 Å². The molecule has 0 aliphatic carbocycles. The Hall–Kier alpha value is -1.22. The quantitative estimate of drug-likeness (QED) is 0.878. The molecule has 88 valence electrons. The van der Waals surface area contributed by atoms with Gasteiger partial charge in [-0.05, 0) is 24.5 Å². The molecule has 0 radical (unpaired) electrons. The topological polar surface area (TPSA) is 38.3 Å². The lowest BCUT2D eigenvalue weighted by Gasteiger charge is -2.10. The molecule has 0 aliphatic heterocycles. The molecule has 0 heterocycles. The van der Waals surface area contributed by atoms with Crippen LogP contribution in [0.3, 0.4) is 0 Å². The summed E-state index contributed by atoms with van der Waals surface area (Å²) < 4.78 is 5.14. The number of aryl methyl sites for hydroxylation is 1. The highest BCUT2D eigenvalue weighted by Gasteiger charge is 2.11. The largest absolute Gasteiger partial charge is 0.412 e. The van der Waals surface area contributed by atoms with Crippen LogP contribution in [0.25, 0.3) is 0 Å². The first-order valence-electron chi connectivity index (χ1n) is 5.36. The monoisotopic (exact) mass is 241 g/mol. The van der Waals surface area contributed by atoms with Crippen LogP contribution in [0, 0.1) is 0 Å². The highest BCUT2D eigenvalue weighted by atomic mass is 35.5. The van der Waals surface area contributed by atoms with Crippen LogP contribution >= 0.6 is 11.6 Å². The maximum Gasteiger partial charge on any atom is 0.412 e. The van der Waals surface area contributed by atoms with Gasteiger partial charge in [-0.2, -0.15) is 0 Å². The lowest BCUT2D eigenvalue weighted by molar-refractivity contribution is 0.202. The summed E-state index contributed by atoms with van der Waals surface area (Å²) >= 11 is 6.00. The van der Waals surface area contributed by atoms with Crippen molar-refractivity contribution < 1.29 is 9.53 Å². The molecule has 1 rings (SSSR count). The Bertz CT molecular complexity index is 366. The Morgan fingerprint density at radius 1 is 1.50 bits per heavy atom. The molecule has 1 N–H and O–H groups in total. The zero-order valence-electron chi connectivity index (χ0n) is 9.55. The van der Waals surface area contributed by atoms with E-state index in [9.17, 15) is 4.79 Å². The third-order valence-corrected chi connectivity index (χ3v) is 2.54. The Balaban J connectivity index is 2.89. The molecule has 1 aromatic carbocycles. The van der Waals surface area contributed by atoms with Crippen molar-refractivity contribution >= 4 is 17.7 Å². The third kappa shape index (κ3) is 3.42. The van der Waals surface area contributed by atoms with Gasteiger partial charge in [0.05, 0.1) is 5.02 Å². The Kier molecular flexibility index (Phi) is 5.12. The second-order valence-electron chi connectivity index (χ2n) is 3.47. The van der Waals surface area contributed by atoms with E-state index in [-0.39, 0.29) is 0 Å². The first-order chi connectivity index (χ1) is 7.69. The van der Waals surface area contributed by atoms with Gasteiger partial charge in [-0.25, -0.2) is 4.79 Å². The number of halogens is 1. The Morgan fingerprint density at radius 2 is 2.25 bits per heavy atom. The van der Waals surface area contributed by atoms with Crippen LogP contribution < -0.4 is 10.1 Å². The van der Waals surface area contributed by atoms with Gasteiger partial charge in [0, 0.05) is 7.05 Å². The standard InChI is InChI=1S/C12H16ClNO2/c1-3-4-6-9-7-5-8-10(13)11(9)16-12(15)14-2/h5,7-8H,3-4,6H2,1-2H3,(H,14,15). The molecule has 0 saturated carbocycles. The number of carbonyl (C=O) groups is 1. The molecule has 0 unspecified atom stereocenters. The number of unbranched alkanes of at least 4 members (excludes halogenated alkanes) is 1. The predicted molar refractivity (Wildman–Crippen MR) is 65.1 cm³/mol. The highest BCUT2D eigenvalue weighted by Crippen LogP contribution is 2.29. The molecule has 1 amide bonds. The van der Waals surface area contributed by atoms with Gasteiger partial charge in [0.15, 0.2) is 5.75 Å². The van der Waals surface area contributed by atoms with Crippen molar-refractivity contribution in [2.24, 2.45) is 0 Å². The maximum absolute atomic E-state index is 11.2. The number of nitrogens with one attached hydrogen (secondary N) is 1. The van der Waals surface area contributed by atoms with Gasteiger partial charge in [0.25, 0.3) is 0 Å². The summed E-state index contributed by atoms with van der Waals surface area (Å²) in [6.45, 7) is 2.11. The van der Waals surface area contributed by atoms with E-state index in [0.717, 1.165) is 24.8 Å². The summed E-state index contributed by atoms with van der Waals surface area (Å²) in [6, 6.07) is 5.51. The van der Waals surface area contributed by atoms with Crippen molar-refractivity contribution in [3.63, 3.8) is 0 Å². The van der Waals surface area contributed by atoms with Crippen molar-refractivity contribution in [2.75, 3.05) is 7.05 Å². The average Bonchev–Trinajstić information content (AvgIpc) is 2.29. The maximum atomic E-state index is 11.2. The number of ether oxygens (including phenoxy) is 1. The van der Waals surface area contributed by atoms with Gasteiger partial charge in [-0.3, -0.25) is 0 Å².